The van der Waals surface area contributed by atoms with Crippen LogP contribution in [0.5, 0.6) is 0 Å². The van der Waals surface area contributed by atoms with Gasteiger partial charge in [-0.25, -0.2) is 9.38 Å². The number of nitrogens with one attached hydrogen (secondary N) is 1. The van der Waals surface area contributed by atoms with Gasteiger partial charge in [0.25, 0.3) is 0 Å². The third-order valence-corrected chi connectivity index (χ3v) is 7.94. The minimum Gasteiger partial charge on any atom is -0.382 e. The van der Waals surface area contributed by atoms with Crippen LogP contribution >= 0.6 is 11.6 Å². The molecule has 1 aromatic carbocycles. The number of hydrogen-bond acceptors (Lipinski definition) is 7. The predicted molar refractivity (Wildman–Crippen MR) is 137 cm³/mol. The Kier molecular flexibility index (Phi) is 8.02. The number of benzene rings is 1. The van der Waals surface area contributed by atoms with Crippen LogP contribution in [0, 0.1) is 12.7 Å². The first-order valence-electron chi connectivity index (χ1n) is 12.4. The Bertz CT molecular complexity index is 928. The number of aryl methyl sites for hydroxylation is 1. The Labute approximate surface area is 208 Å². The van der Waals surface area contributed by atoms with Crippen molar-refractivity contribution in [3.63, 3.8) is 0 Å². The van der Waals surface area contributed by atoms with E-state index in [2.05, 4.69) is 31.9 Å². The number of aliphatic imine (C=N–C) groups is 1. The zero-order chi connectivity index (χ0) is 24.4. The van der Waals surface area contributed by atoms with Crippen molar-refractivity contribution < 1.29 is 4.39 Å². The maximum absolute atomic E-state index is 14.3. The molecule has 0 bridgehead atoms. The monoisotopic (exact) mass is 491 g/mol. The van der Waals surface area contributed by atoms with Crippen molar-refractivity contribution in [2.75, 3.05) is 46.8 Å². The molecular weight excluding hydrogens is 453 g/mol. The summed E-state index contributed by atoms with van der Waals surface area (Å²) in [7, 11) is 3.78. The molecule has 0 aromatic heterocycles. The quantitative estimate of drug-likeness (QED) is 0.638. The number of nitrogens with zero attached hydrogens (tertiary/aromatic N) is 5. The van der Waals surface area contributed by atoms with E-state index in [1.54, 1.807) is 13.1 Å². The van der Waals surface area contributed by atoms with Crippen LogP contribution in [0.2, 0.25) is 0 Å². The molecule has 2 fully saturated rings. The second-order valence-electron chi connectivity index (χ2n) is 9.80. The summed E-state index contributed by atoms with van der Waals surface area (Å²) in [6.07, 6.45) is 3.21. The summed E-state index contributed by atoms with van der Waals surface area (Å²) >= 11 is 6.62. The number of rotatable bonds is 6. The first-order chi connectivity index (χ1) is 16.3. The van der Waals surface area contributed by atoms with E-state index in [0.29, 0.717) is 35.4 Å². The molecule has 0 spiro atoms. The summed E-state index contributed by atoms with van der Waals surface area (Å²) in [5, 5.41) is 3.58. The molecule has 1 aromatic rings. The lowest BCUT2D eigenvalue weighted by Crippen LogP contribution is -2.63. The van der Waals surface area contributed by atoms with Gasteiger partial charge in [0, 0.05) is 57.9 Å². The molecule has 4 rings (SSSR count). The Morgan fingerprint density at radius 3 is 2.59 bits per heavy atom. The first-order valence-corrected chi connectivity index (χ1v) is 12.8. The smallest absolute Gasteiger partial charge is 0.167 e. The maximum Gasteiger partial charge on any atom is 0.167 e. The molecule has 3 aliphatic heterocycles. The van der Waals surface area contributed by atoms with Crippen molar-refractivity contribution in [2.24, 2.45) is 10.7 Å². The first kappa shape index (κ1) is 25.2. The fourth-order valence-corrected chi connectivity index (χ4v) is 6.02. The lowest BCUT2D eigenvalue weighted by atomic mass is 9.97. The molecule has 0 amide bonds. The molecule has 34 heavy (non-hydrogen) atoms. The van der Waals surface area contributed by atoms with Crippen LogP contribution in [0.15, 0.2) is 34.8 Å². The van der Waals surface area contributed by atoms with Crippen LogP contribution < -0.4 is 11.1 Å². The average molecular weight is 492 g/mol. The van der Waals surface area contributed by atoms with Gasteiger partial charge >= 0.3 is 0 Å². The molecule has 9 heteroatoms. The number of hydrogen-bond donors (Lipinski definition) is 2. The minimum atomic E-state index is -0.124. The van der Waals surface area contributed by atoms with Gasteiger partial charge in [-0.1, -0.05) is 30.7 Å². The van der Waals surface area contributed by atoms with Gasteiger partial charge in [-0.15, -0.1) is 0 Å². The van der Waals surface area contributed by atoms with E-state index in [1.165, 1.54) is 0 Å². The highest BCUT2D eigenvalue weighted by Crippen LogP contribution is 2.28. The van der Waals surface area contributed by atoms with E-state index < -0.39 is 0 Å². The molecule has 0 saturated carbocycles. The van der Waals surface area contributed by atoms with Gasteiger partial charge in [-0.05, 0) is 50.9 Å². The largest absolute Gasteiger partial charge is 0.382 e. The van der Waals surface area contributed by atoms with E-state index >= 15 is 0 Å². The van der Waals surface area contributed by atoms with Crippen LogP contribution in [0.4, 0.5) is 4.39 Å². The van der Waals surface area contributed by atoms with Crippen LogP contribution in [-0.2, 0) is 6.54 Å². The molecule has 2 saturated heterocycles. The van der Waals surface area contributed by atoms with E-state index in [9.17, 15) is 4.39 Å². The Morgan fingerprint density at radius 1 is 1.21 bits per heavy atom. The normalized spacial score (nSPS) is 26.2. The number of likely N-dealkylation sites (tertiary alicyclic amines) is 1. The molecule has 0 radical (unpaired) electrons. The second kappa shape index (κ2) is 10.8. The summed E-state index contributed by atoms with van der Waals surface area (Å²) in [4.78, 5) is 14.0. The Hall–Kier alpha value is -1.87. The van der Waals surface area contributed by atoms with Crippen molar-refractivity contribution in [2.45, 2.75) is 57.9 Å². The lowest BCUT2D eigenvalue weighted by Gasteiger charge is -2.50. The third kappa shape index (κ3) is 5.20. The van der Waals surface area contributed by atoms with Crippen LogP contribution in [0.1, 0.15) is 37.3 Å². The van der Waals surface area contributed by atoms with Gasteiger partial charge in [0.05, 0.1) is 0 Å². The van der Waals surface area contributed by atoms with Gasteiger partial charge in [-0.3, -0.25) is 14.7 Å². The molecule has 2 unspecified atom stereocenters. The van der Waals surface area contributed by atoms with Crippen molar-refractivity contribution in [3.8, 4) is 0 Å². The highest BCUT2D eigenvalue weighted by molar-refractivity contribution is 6.66. The molecule has 3 heterocycles. The van der Waals surface area contributed by atoms with Crippen molar-refractivity contribution >= 4 is 16.8 Å². The van der Waals surface area contributed by atoms with Crippen LogP contribution in [0.25, 0.3) is 0 Å². The van der Waals surface area contributed by atoms with Gasteiger partial charge < -0.3 is 16.0 Å². The lowest BCUT2D eigenvalue weighted by molar-refractivity contribution is -0.0114. The topological polar surface area (TPSA) is 63.4 Å². The summed E-state index contributed by atoms with van der Waals surface area (Å²) in [5.74, 6) is 1.15. The predicted octanol–water partition coefficient (Wildman–Crippen LogP) is 2.71. The molecule has 2 atom stereocenters. The van der Waals surface area contributed by atoms with Gasteiger partial charge in [-0.2, -0.15) is 0 Å². The van der Waals surface area contributed by atoms with Gasteiger partial charge in [0.1, 0.15) is 23.0 Å². The fourth-order valence-electron chi connectivity index (χ4n) is 5.65. The Morgan fingerprint density at radius 2 is 1.94 bits per heavy atom. The molecule has 3 aliphatic rings. The third-order valence-electron chi connectivity index (χ3n) is 7.66. The average Bonchev–Trinajstić information content (AvgIpc) is 2.83. The number of piperazine rings is 1. The van der Waals surface area contributed by atoms with Crippen LogP contribution in [-0.4, -0.2) is 89.8 Å². The van der Waals surface area contributed by atoms with Crippen molar-refractivity contribution in [1.82, 2.24) is 24.9 Å². The molecule has 7 nitrogen and oxygen atoms in total. The molecule has 188 valence electrons. The van der Waals surface area contributed by atoms with E-state index in [1.807, 2.05) is 31.0 Å². The van der Waals surface area contributed by atoms with E-state index in [0.717, 1.165) is 63.1 Å². The number of piperidine rings is 1. The van der Waals surface area contributed by atoms with Crippen LogP contribution in [0.3, 0.4) is 0 Å². The Balaban J connectivity index is 1.34. The van der Waals surface area contributed by atoms with E-state index in [-0.39, 0.29) is 12.0 Å². The summed E-state index contributed by atoms with van der Waals surface area (Å²) in [5.41, 5.74) is 8.07. The highest BCUT2D eigenvalue weighted by Gasteiger charge is 2.39. The minimum absolute atomic E-state index is 0.0866. The fraction of sp³-hybridized carbons (Fsp3) is 0.640. The van der Waals surface area contributed by atoms with Crippen molar-refractivity contribution in [3.05, 3.63) is 46.8 Å². The van der Waals surface area contributed by atoms with E-state index in [4.69, 9.17) is 17.3 Å². The molecular formula is C25H39ClFN7. The van der Waals surface area contributed by atoms with Gasteiger partial charge in [0.2, 0.25) is 0 Å². The maximum atomic E-state index is 14.3. The SMILES string of the molecule is CCC1CN(C2C(Cl)=NC(NC)=C(N)N2C)CCN1C1CCN(Cc2ccc(C)cc2F)CC1. The highest BCUT2D eigenvalue weighted by atomic mass is 35.5. The number of nitrogens with two attached hydrogens (primary N) is 1. The zero-order valence-corrected chi connectivity index (χ0v) is 21.7. The molecule has 0 aliphatic carbocycles. The molecule has 3 N–H and O–H groups in total. The summed E-state index contributed by atoms with van der Waals surface area (Å²) in [6, 6.07) is 6.60. The number of halogens is 2. The standard InChI is InChI=1S/C25H39ClFN7/c1-5-19-16-33(25-22(26)30-24(29-3)23(28)31(25)4)12-13-34(19)20-8-10-32(11-9-20)15-18-7-6-17(2)14-21(18)27/h6-7,14,19-20,25,29H,5,8-13,15-16,28H2,1-4H3. The van der Waals surface area contributed by atoms with Crippen molar-refractivity contribution in [1.29, 1.82) is 0 Å². The summed E-state index contributed by atoms with van der Waals surface area (Å²) in [6.45, 7) is 9.78. The second-order valence-corrected chi connectivity index (χ2v) is 10.2. The van der Waals surface area contributed by atoms with Gasteiger partial charge in [0.15, 0.2) is 5.82 Å². The summed E-state index contributed by atoms with van der Waals surface area (Å²) < 4.78 is 14.3. The zero-order valence-electron chi connectivity index (χ0n) is 20.9.